The molecule has 2 aliphatic rings. The fraction of sp³-hybridized carbons (Fsp3) is 0.455. The minimum Gasteiger partial charge on any atom is -0.362 e. The number of aryl methyl sites for hydroxylation is 2. The van der Waals surface area contributed by atoms with E-state index >= 15 is 0 Å². The van der Waals surface area contributed by atoms with Gasteiger partial charge in [0, 0.05) is 62.3 Å². The molecule has 0 bridgehead atoms. The van der Waals surface area contributed by atoms with Gasteiger partial charge in [0.15, 0.2) is 5.78 Å². The summed E-state index contributed by atoms with van der Waals surface area (Å²) in [5.41, 5.74) is 4.20. The van der Waals surface area contributed by atoms with Crippen molar-refractivity contribution in [3.05, 3.63) is 46.8 Å². The highest BCUT2D eigenvalue weighted by Gasteiger charge is 2.31. The third kappa shape index (κ3) is 4.17. The summed E-state index contributed by atoms with van der Waals surface area (Å²) in [7, 11) is -3.62. The summed E-state index contributed by atoms with van der Waals surface area (Å²) in [5.74, 6) is 0.0109. The molecule has 1 aromatic carbocycles. The maximum absolute atomic E-state index is 13.2. The fourth-order valence-corrected chi connectivity index (χ4v) is 5.92. The summed E-state index contributed by atoms with van der Waals surface area (Å²) >= 11 is 0. The topological polar surface area (TPSA) is 93.8 Å². The largest absolute Gasteiger partial charge is 0.362 e. The van der Waals surface area contributed by atoms with Crippen LogP contribution >= 0.6 is 0 Å². The lowest BCUT2D eigenvalue weighted by Crippen LogP contribution is -2.49. The van der Waals surface area contributed by atoms with E-state index in [1.165, 1.54) is 11.2 Å². The number of nitrogens with one attached hydrogen (secondary N) is 1. The predicted octanol–water partition coefficient (Wildman–Crippen LogP) is 1.73. The van der Waals surface area contributed by atoms with E-state index < -0.39 is 10.0 Å². The van der Waals surface area contributed by atoms with Gasteiger partial charge in [0.25, 0.3) is 0 Å². The number of carbonyl (C=O) groups is 2. The molecule has 1 aromatic heterocycles. The van der Waals surface area contributed by atoms with E-state index in [9.17, 15) is 18.0 Å². The molecule has 8 nitrogen and oxygen atoms in total. The predicted molar refractivity (Wildman–Crippen MR) is 118 cm³/mol. The average molecular weight is 445 g/mol. The van der Waals surface area contributed by atoms with Gasteiger partial charge in [0.05, 0.1) is 11.4 Å². The van der Waals surface area contributed by atoms with Crippen molar-refractivity contribution in [2.45, 2.75) is 32.1 Å². The molecule has 2 aromatic rings. The Balaban J connectivity index is 1.41. The van der Waals surface area contributed by atoms with Crippen molar-refractivity contribution in [3.8, 4) is 0 Å². The third-order valence-electron chi connectivity index (χ3n) is 6.11. The van der Waals surface area contributed by atoms with Crippen molar-refractivity contribution in [1.29, 1.82) is 0 Å². The first-order valence-electron chi connectivity index (χ1n) is 10.5. The lowest BCUT2D eigenvalue weighted by Gasteiger charge is -2.33. The Kier molecular flexibility index (Phi) is 5.76. The molecule has 0 aliphatic carbocycles. The monoisotopic (exact) mass is 444 g/mol. The summed E-state index contributed by atoms with van der Waals surface area (Å²) < 4.78 is 27.8. The van der Waals surface area contributed by atoms with E-state index in [0.29, 0.717) is 44.7 Å². The maximum Gasteiger partial charge on any atom is 0.243 e. The number of rotatable bonds is 5. The van der Waals surface area contributed by atoms with Gasteiger partial charge < -0.3 is 9.88 Å². The van der Waals surface area contributed by atoms with E-state index in [4.69, 9.17) is 0 Å². The van der Waals surface area contributed by atoms with E-state index in [1.54, 1.807) is 23.1 Å². The SMILES string of the molecule is CC(=O)N1CCc2cc(S(=O)(=O)N3CCN(CC(=O)c4cc(C)[nH]c4C)CC3)ccc21. The maximum atomic E-state index is 13.2. The number of piperazine rings is 1. The zero-order chi connectivity index (χ0) is 22.3. The van der Waals surface area contributed by atoms with Crippen molar-refractivity contribution in [2.24, 2.45) is 0 Å². The second-order valence-electron chi connectivity index (χ2n) is 8.31. The van der Waals surface area contributed by atoms with Gasteiger partial charge >= 0.3 is 0 Å². The first kappa shape index (κ1) is 21.7. The van der Waals surface area contributed by atoms with Gasteiger partial charge in [-0.3, -0.25) is 14.5 Å². The van der Waals surface area contributed by atoms with Crippen LogP contribution in [-0.4, -0.2) is 73.6 Å². The first-order chi connectivity index (χ1) is 14.7. The van der Waals surface area contributed by atoms with E-state index in [1.807, 2.05) is 24.8 Å². The van der Waals surface area contributed by atoms with Crippen molar-refractivity contribution in [2.75, 3.05) is 44.2 Å². The number of anilines is 1. The number of hydrogen-bond donors (Lipinski definition) is 1. The second-order valence-corrected chi connectivity index (χ2v) is 10.2. The number of fused-ring (bicyclic) bond motifs is 1. The molecular weight excluding hydrogens is 416 g/mol. The van der Waals surface area contributed by atoms with Crippen LogP contribution in [0.5, 0.6) is 0 Å². The molecule has 4 rings (SSSR count). The number of sulfonamides is 1. The number of ketones is 1. The number of amides is 1. The molecule has 1 N–H and O–H groups in total. The zero-order valence-electron chi connectivity index (χ0n) is 18.1. The van der Waals surface area contributed by atoms with Crippen LogP contribution in [0.25, 0.3) is 0 Å². The lowest BCUT2D eigenvalue weighted by molar-refractivity contribution is -0.116. The Labute approximate surface area is 182 Å². The highest BCUT2D eigenvalue weighted by molar-refractivity contribution is 7.89. The van der Waals surface area contributed by atoms with Gasteiger partial charge in [-0.15, -0.1) is 0 Å². The van der Waals surface area contributed by atoms with Gasteiger partial charge in [-0.05, 0) is 50.1 Å². The molecule has 1 fully saturated rings. The van der Waals surface area contributed by atoms with Crippen LogP contribution in [0.15, 0.2) is 29.2 Å². The van der Waals surface area contributed by atoms with Crippen LogP contribution < -0.4 is 4.90 Å². The van der Waals surface area contributed by atoms with Crippen LogP contribution in [0.4, 0.5) is 5.69 Å². The summed E-state index contributed by atoms with van der Waals surface area (Å²) in [4.78, 5) is 31.4. The Bertz CT molecular complexity index is 1130. The lowest BCUT2D eigenvalue weighted by atomic mass is 10.1. The quantitative estimate of drug-likeness (QED) is 0.709. The van der Waals surface area contributed by atoms with Gasteiger partial charge in [0.2, 0.25) is 15.9 Å². The molecule has 0 spiro atoms. The Morgan fingerprint density at radius 1 is 1.03 bits per heavy atom. The molecule has 0 unspecified atom stereocenters. The minimum absolute atomic E-state index is 0.0370. The van der Waals surface area contributed by atoms with Crippen molar-refractivity contribution < 1.29 is 18.0 Å². The highest BCUT2D eigenvalue weighted by Crippen LogP contribution is 2.31. The molecule has 2 aliphatic heterocycles. The number of benzene rings is 1. The van der Waals surface area contributed by atoms with Crippen molar-refractivity contribution in [1.82, 2.24) is 14.2 Å². The van der Waals surface area contributed by atoms with E-state index in [0.717, 1.165) is 22.6 Å². The number of Topliss-reactive ketones (excluding diaryl/α,β-unsaturated/α-hetero) is 1. The molecule has 1 saturated heterocycles. The van der Waals surface area contributed by atoms with E-state index in [-0.39, 0.29) is 23.1 Å². The van der Waals surface area contributed by atoms with Crippen molar-refractivity contribution in [3.63, 3.8) is 0 Å². The normalized spacial score (nSPS) is 17.7. The third-order valence-corrected chi connectivity index (χ3v) is 8.01. The highest BCUT2D eigenvalue weighted by atomic mass is 32.2. The summed E-state index contributed by atoms with van der Waals surface area (Å²) in [6, 6.07) is 6.87. The van der Waals surface area contributed by atoms with Gasteiger partial charge in [-0.2, -0.15) is 4.31 Å². The number of aromatic nitrogens is 1. The Morgan fingerprint density at radius 3 is 2.35 bits per heavy atom. The molecule has 31 heavy (non-hydrogen) atoms. The van der Waals surface area contributed by atoms with Gasteiger partial charge in [-0.1, -0.05) is 0 Å². The second kappa shape index (κ2) is 8.22. The molecule has 0 atom stereocenters. The standard InChI is InChI=1S/C22H28N4O4S/c1-15-12-20(16(2)23-15)22(28)14-24-8-10-25(11-9-24)31(29,30)19-4-5-21-18(13-19)6-7-26(21)17(3)27/h4-5,12-13,23H,6-11,14H2,1-3H3. The van der Waals surface area contributed by atoms with E-state index in [2.05, 4.69) is 4.98 Å². The molecule has 3 heterocycles. The van der Waals surface area contributed by atoms with Crippen LogP contribution in [0.2, 0.25) is 0 Å². The number of H-pyrrole nitrogens is 1. The molecule has 9 heteroatoms. The molecule has 166 valence electrons. The van der Waals surface area contributed by atoms with Crippen LogP contribution in [-0.2, 0) is 21.2 Å². The minimum atomic E-state index is -3.62. The Hall–Kier alpha value is -2.49. The summed E-state index contributed by atoms with van der Waals surface area (Å²) in [6.07, 6.45) is 0.659. The van der Waals surface area contributed by atoms with Crippen LogP contribution in [0.1, 0.15) is 34.2 Å². The zero-order valence-corrected chi connectivity index (χ0v) is 19.0. The number of hydrogen-bond acceptors (Lipinski definition) is 5. The number of nitrogens with zero attached hydrogens (tertiary/aromatic N) is 3. The first-order valence-corrected chi connectivity index (χ1v) is 11.9. The number of aromatic amines is 1. The molecular formula is C22H28N4O4S. The fourth-order valence-electron chi connectivity index (χ4n) is 4.44. The summed E-state index contributed by atoms with van der Waals surface area (Å²) in [5, 5.41) is 0. The molecule has 0 saturated carbocycles. The average Bonchev–Trinajstić information content (AvgIpc) is 3.30. The smallest absolute Gasteiger partial charge is 0.243 e. The molecule has 0 radical (unpaired) electrons. The number of carbonyl (C=O) groups excluding carboxylic acids is 2. The van der Waals surface area contributed by atoms with Crippen molar-refractivity contribution >= 4 is 27.4 Å². The summed E-state index contributed by atoms with van der Waals surface area (Å²) in [6.45, 7) is 7.90. The van der Waals surface area contributed by atoms with Crippen LogP contribution in [0.3, 0.4) is 0 Å². The van der Waals surface area contributed by atoms with Gasteiger partial charge in [-0.25, -0.2) is 8.42 Å². The van der Waals surface area contributed by atoms with Gasteiger partial charge in [0.1, 0.15) is 0 Å². The Morgan fingerprint density at radius 2 is 1.74 bits per heavy atom. The molecule has 1 amide bonds. The van der Waals surface area contributed by atoms with Crippen LogP contribution in [0, 0.1) is 13.8 Å².